The van der Waals surface area contributed by atoms with Crippen molar-refractivity contribution in [3.8, 4) is 22.3 Å². The van der Waals surface area contributed by atoms with Crippen molar-refractivity contribution in [3.63, 3.8) is 0 Å². The third-order valence-electron chi connectivity index (χ3n) is 9.80. The normalized spacial score (nSPS) is 12.1. The Labute approximate surface area is 316 Å². The molecule has 0 radical (unpaired) electrons. The molecule has 54 heavy (non-hydrogen) atoms. The average Bonchev–Trinajstić information content (AvgIpc) is 3.25. The van der Waals surface area contributed by atoms with Crippen LogP contribution in [0.5, 0.6) is 0 Å². The zero-order valence-corrected chi connectivity index (χ0v) is 29.9. The summed E-state index contributed by atoms with van der Waals surface area (Å²) >= 11 is 0. The summed E-state index contributed by atoms with van der Waals surface area (Å²) in [4.78, 5) is 4.84. The predicted molar refractivity (Wildman–Crippen MR) is 230 cm³/mol. The summed E-state index contributed by atoms with van der Waals surface area (Å²) in [6.07, 6.45) is 6.81. The fourth-order valence-corrected chi connectivity index (χ4v) is 6.94. The molecule has 0 aliphatic heterocycles. The van der Waals surface area contributed by atoms with E-state index in [1.165, 1.54) is 10.9 Å². The van der Waals surface area contributed by atoms with Gasteiger partial charge in [-0.3, -0.25) is 10.4 Å². The molecule has 0 heterocycles. The molecule has 0 amide bonds. The van der Waals surface area contributed by atoms with Gasteiger partial charge in [0.1, 0.15) is 0 Å². The summed E-state index contributed by atoms with van der Waals surface area (Å²) in [5, 5.41) is 13.1. The molecule has 3 heteroatoms. The Balaban J connectivity index is 1.15. The smallest absolute Gasteiger partial charge is 0.0795 e. The van der Waals surface area contributed by atoms with Gasteiger partial charge in [-0.05, 0) is 97.4 Å². The van der Waals surface area contributed by atoms with Crippen LogP contribution in [0.1, 0.15) is 22.3 Å². The number of hydrogen-bond donors (Lipinski definition) is 2. The van der Waals surface area contributed by atoms with Gasteiger partial charge in [0, 0.05) is 16.6 Å². The van der Waals surface area contributed by atoms with Crippen molar-refractivity contribution < 1.29 is 0 Å². The van der Waals surface area contributed by atoms with Crippen molar-refractivity contribution in [3.05, 3.63) is 222 Å². The number of aliphatic imine (C=N–C) groups is 1. The minimum Gasteiger partial charge on any atom is -0.398 e. The van der Waals surface area contributed by atoms with E-state index in [0.29, 0.717) is 5.71 Å². The van der Waals surface area contributed by atoms with Gasteiger partial charge >= 0.3 is 0 Å². The summed E-state index contributed by atoms with van der Waals surface area (Å²) in [5.41, 5.74) is 18.5. The van der Waals surface area contributed by atoms with Crippen LogP contribution in [0.4, 0.5) is 5.69 Å². The molecule has 258 valence electrons. The van der Waals surface area contributed by atoms with Crippen molar-refractivity contribution in [1.82, 2.24) is 0 Å². The highest BCUT2D eigenvalue weighted by molar-refractivity contribution is 6.37. The van der Waals surface area contributed by atoms with Crippen LogP contribution in [0, 0.1) is 5.41 Å². The highest BCUT2D eigenvalue weighted by Gasteiger charge is 2.11. The van der Waals surface area contributed by atoms with E-state index in [0.717, 1.165) is 78.5 Å². The number of nitrogens with two attached hydrogens (primary N) is 1. The van der Waals surface area contributed by atoms with Crippen LogP contribution in [0.25, 0.3) is 55.1 Å². The monoisotopic (exact) mass is 693 g/mol. The number of allylic oxidation sites excluding steroid dienone is 3. The van der Waals surface area contributed by atoms with E-state index in [1.54, 1.807) is 6.21 Å². The number of nitrogens with zero attached hydrogens (tertiary/aromatic N) is 1. The Morgan fingerprint density at radius 3 is 1.83 bits per heavy atom. The van der Waals surface area contributed by atoms with E-state index in [4.69, 9.17) is 16.1 Å². The van der Waals surface area contributed by atoms with E-state index in [2.05, 4.69) is 133 Å². The van der Waals surface area contributed by atoms with Crippen molar-refractivity contribution in [2.24, 2.45) is 10.7 Å². The highest BCUT2D eigenvalue weighted by atomic mass is 14.7. The standard InChI is InChI=1S/C51H39N3/c52-49(37-16-6-2-7-17-37)33-44(27-26-36-14-4-1-5-15-36)42-24-13-22-40(31-42)39-21-12-23-41(30-39)43-28-29-47-48(32-43)46-25-11-10-20-45(46)34-51(47)54-35-50(53)38-18-8-3-9-19-38/h1-25,27-35,53H,26,52H2/b44-27+,49-33-,53-50?,54-35?. The number of fused-ring (bicyclic) bond motifs is 3. The number of benzene rings is 8. The van der Waals surface area contributed by atoms with E-state index < -0.39 is 0 Å². The Morgan fingerprint density at radius 2 is 1.09 bits per heavy atom. The SMILES string of the molecule is N=C(C=Nc1cc2ccccc2c2cc(-c3cccc(-c4cccc(C(/C=C(\N)c5ccccc5)=C/Cc5ccccc5)c4)c3)ccc12)c1ccccc1. The minimum atomic E-state index is 0.379. The first-order valence-electron chi connectivity index (χ1n) is 18.2. The average molecular weight is 694 g/mol. The molecule has 0 unspecified atom stereocenters. The van der Waals surface area contributed by atoms with Gasteiger partial charge < -0.3 is 5.73 Å². The lowest BCUT2D eigenvalue weighted by Crippen LogP contribution is -1.99. The topological polar surface area (TPSA) is 62.2 Å². The van der Waals surface area contributed by atoms with Crippen LogP contribution in [0.15, 0.2) is 205 Å². The first kappa shape index (κ1) is 34.0. The van der Waals surface area contributed by atoms with E-state index >= 15 is 0 Å². The van der Waals surface area contributed by atoms with Gasteiger partial charge in [-0.15, -0.1) is 0 Å². The first-order valence-corrected chi connectivity index (χ1v) is 18.2. The molecule has 3 N–H and O–H groups in total. The van der Waals surface area contributed by atoms with Crippen molar-refractivity contribution in [2.75, 3.05) is 0 Å². The summed E-state index contributed by atoms with van der Waals surface area (Å²) in [7, 11) is 0. The highest BCUT2D eigenvalue weighted by Crippen LogP contribution is 2.37. The van der Waals surface area contributed by atoms with Crippen LogP contribution in [0.3, 0.4) is 0 Å². The Bertz CT molecular complexity index is 2690. The summed E-state index contributed by atoms with van der Waals surface area (Å²) in [6.45, 7) is 0. The predicted octanol–water partition coefficient (Wildman–Crippen LogP) is 12.7. The maximum atomic E-state index is 8.59. The van der Waals surface area contributed by atoms with Gasteiger partial charge in [-0.25, -0.2) is 0 Å². The molecule has 0 bridgehead atoms. The van der Waals surface area contributed by atoms with Crippen molar-refractivity contribution >= 4 is 50.4 Å². The maximum Gasteiger partial charge on any atom is 0.0795 e. The summed E-state index contributed by atoms with van der Waals surface area (Å²) in [6, 6.07) is 65.0. The Kier molecular flexibility index (Phi) is 9.86. The van der Waals surface area contributed by atoms with E-state index in [-0.39, 0.29) is 0 Å². The van der Waals surface area contributed by atoms with Gasteiger partial charge in [-0.2, -0.15) is 0 Å². The zero-order valence-electron chi connectivity index (χ0n) is 29.9. The first-order chi connectivity index (χ1) is 26.6. The molecule has 0 spiro atoms. The van der Waals surface area contributed by atoms with E-state index in [1.807, 2.05) is 66.7 Å². The second kappa shape index (κ2) is 15.6. The molecule has 0 fully saturated rings. The van der Waals surface area contributed by atoms with Crippen LogP contribution < -0.4 is 5.73 Å². The molecule has 3 nitrogen and oxygen atoms in total. The van der Waals surface area contributed by atoms with Gasteiger partial charge in [0.05, 0.1) is 17.6 Å². The van der Waals surface area contributed by atoms with Crippen molar-refractivity contribution in [1.29, 1.82) is 5.41 Å². The van der Waals surface area contributed by atoms with Crippen LogP contribution >= 0.6 is 0 Å². The van der Waals surface area contributed by atoms with Gasteiger partial charge in [0.25, 0.3) is 0 Å². The maximum absolute atomic E-state index is 8.59. The summed E-state index contributed by atoms with van der Waals surface area (Å²) in [5.74, 6) is 0. The molecular formula is C51H39N3. The molecule has 0 aromatic heterocycles. The molecule has 8 aromatic rings. The molecule has 0 atom stereocenters. The fraction of sp³-hybridized carbons (Fsp3) is 0.0196. The van der Waals surface area contributed by atoms with Gasteiger partial charge in [-0.1, -0.05) is 170 Å². The lowest BCUT2D eigenvalue weighted by molar-refractivity contribution is 1.27. The molecule has 0 saturated heterocycles. The lowest BCUT2D eigenvalue weighted by Gasteiger charge is -2.12. The molecule has 0 aliphatic carbocycles. The zero-order chi connectivity index (χ0) is 36.7. The third kappa shape index (κ3) is 7.57. The van der Waals surface area contributed by atoms with Crippen LogP contribution in [0.2, 0.25) is 0 Å². The molecule has 8 rings (SSSR count). The van der Waals surface area contributed by atoms with Gasteiger partial charge in [0.15, 0.2) is 0 Å². The quantitative estimate of drug-likeness (QED) is 0.0836. The molecular weight excluding hydrogens is 655 g/mol. The van der Waals surface area contributed by atoms with E-state index in [9.17, 15) is 0 Å². The number of rotatable bonds is 10. The summed E-state index contributed by atoms with van der Waals surface area (Å²) < 4.78 is 0. The number of nitrogens with one attached hydrogen (secondary N) is 1. The molecule has 0 aliphatic rings. The largest absolute Gasteiger partial charge is 0.398 e. The fourth-order valence-electron chi connectivity index (χ4n) is 6.94. The van der Waals surface area contributed by atoms with Crippen molar-refractivity contribution in [2.45, 2.75) is 6.42 Å². The van der Waals surface area contributed by atoms with Crippen LogP contribution in [-0.4, -0.2) is 11.9 Å². The third-order valence-corrected chi connectivity index (χ3v) is 9.80. The molecule has 0 saturated carbocycles. The second-order valence-corrected chi connectivity index (χ2v) is 13.4. The van der Waals surface area contributed by atoms with Crippen LogP contribution in [-0.2, 0) is 6.42 Å². The Morgan fingerprint density at radius 1 is 0.500 bits per heavy atom. The second-order valence-electron chi connectivity index (χ2n) is 13.4. The molecule has 8 aromatic carbocycles. The number of hydrogen-bond acceptors (Lipinski definition) is 3. The Hall–Kier alpha value is -7.10. The lowest BCUT2D eigenvalue weighted by atomic mass is 9.93. The minimum absolute atomic E-state index is 0.379. The van der Waals surface area contributed by atoms with Gasteiger partial charge in [0.2, 0.25) is 0 Å².